The number of aliphatic hydroxyl groups excluding tert-OH is 1. The Balaban J connectivity index is 1.61. The maximum absolute atomic E-state index is 10.3. The molecule has 0 amide bonds. The summed E-state index contributed by atoms with van der Waals surface area (Å²) in [4.78, 5) is 10.8. The fourth-order valence-electron chi connectivity index (χ4n) is 2.79. The number of H-pyrrole nitrogens is 1. The number of nitrogens with one attached hydrogen (secondary N) is 2. The molecule has 3 aromatic rings. The van der Waals surface area contributed by atoms with Crippen molar-refractivity contribution in [1.29, 1.82) is 0 Å². The molecule has 1 atom stereocenters. The quantitative estimate of drug-likeness (QED) is 0.558. The van der Waals surface area contributed by atoms with Crippen molar-refractivity contribution >= 4 is 23.0 Å². The van der Waals surface area contributed by atoms with E-state index in [2.05, 4.69) is 31.4 Å². The molecule has 1 aliphatic rings. The van der Waals surface area contributed by atoms with Gasteiger partial charge in [0.2, 0.25) is 0 Å². The lowest BCUT2D eigenvalue weighted by Crippen LogP contribution is -2.02. The Morgan fingerprint density at radius 1 is 1.37 bits per heavy atom. The van der Waals surface area contributed by atoms with Gasteiger partial charge in [-0.15, -0.1) is 17.8 Å². The number of thiophene rings is 1. The van der Waals surface area contributed by atoms with Crippen molar-refractivity contribution in [3.8, 4) is 23.0 Å². The lowest BCUT2D eigenvalue weighted by Gasteiger charge is -2.11. The number of aromatic nitrogens is 4. The Morgan fingerprint density at radius 2 is 2.19 bits per heavy atom. The van der Waals surface area contributed by atoms with Gasteiger partial charge in [-0.1, -0.05) is 19.8 Å². The van der Waals surface area contributed by atoms with Crippen molar-refractivity contribution in [1.82, 2.24) is 20.2 Å². The second-order valence-electron chi connectivity index (χ2n) is 7.10. The summed E-state index contributed by atoms with van der Waals surface area (Å²) in [5, 5.41) is 20.8. The van der Waals surface area contributed by atoms with E-state index in [1.807, 2.05) is 32.0 Å². The SMILES string of the molecule is C#Cc1cnc(-c2ccc([C@H](O)C(C)C)s2)nc1Nc1cc(C2CC2)[nH]n1. The Kier molecular flexibility index (Phi) is 4.68. The van der Waals surface area contributed by atoms with E-state index in [1.54, 1.807) is 6.20 Å². The van der Waals surface area contributed by atoms with E-state index < -0.39 is 6.10 Å². The van der Waals surface area contributed by atoms with Crippen LogP contribution in [0.5, 0.6) is 0 Å². The zero-order valence-corrected chi connectivity index (χ0v) is 16.0. The molecule has 1 aliphatic carbocycles. The molecule has 3 heterocycles. The van der Waals surface area contributed by atoms with Crippen LogP contribution in [0.15, 0.2) is 24.4 Å². The van der Waals surface area contributed by atoms with E-state index in [1.165, 1.54) is 24.2 Å². The van der Waals surface area contributed by atoms with Crippen LogP contribution in [0.25, 0.3) is 10.7 Å². The van der Waals surface area contributed by atoms with Crippen molar-refractivity contribution in [3.63, 3.8) is 0 Å². The first kappa shape index (κ1) is 17.7. The highest BCUT2D eigenvalue weighted by Gasteiger charge is 2.25. The maximum Gasteiger partial charge on any atom is 0.171 e. The van der Waals surface area contributed by atoms with Gasteiger partial charge in [0.15, 0.2) is 17.5 Å². The van der Waals surface area contributed by atoms with Gasteiger partial charge >= 0.3 is 0 Å². The molecule has 3 N–H and O–H groups in total. The molecule has 7 heteroatoms. The molecular weight excluding hydrogens is 358 g/mol. The number of aromatic amines is 1. The van der Waals surface area contributed by atoms with Crippen LogP contribution in [0.1, 0.15) is 54.8 Å². The molecule has 3 aromatic heterocycles. The summed E-state index contributed by atoms with van der Waals surface area (Å²) < 4.78 is 0. The molecule has 6 nitrogen and oxygen atoms in total. The molecule has 0 unspecified atom stereocenters. The maximum atomic E-state index is 10.3. The van der Waals surface area contributed by atoms with Gasteiger partial charge in [0.05, 0.1) is 16.5 Å². The summed E-state index contributed by atoms with van der Waals surface area (Å²) in [7, 11) is 0. The lowest BCUT2D eigenvalue weighted by atomic mass is 10.1. The Hall–Kier alpha value is -2.69. The predicted octanol–water partition coefficient (Wildman–Crippen LogP) is 4.22. The zero-order chi connectivity index (χ0) is 19.0. The van der Waals surface area contributed by atoms with Gasteiger partial charge in [-0.2, -0.15) is 5.10 Å². The fourth-order valence-corrected chi connectivity index (χ4v) is 3.90. The number of hydrogen-bond acceptors (Lipinski definition) is 6. The van der Waals surface area contributed by atoms with E-state index in [-0.39, 0.29) is 5.92 Å². The third kappa shape index (κ3) is 3.72. The molecule has 0 aromatic carbocycles. The van der Waals surface area contributed by atoms with Gasteiger partial charge in [0, 0.05) is 28.8 Å². The molecular formula is C20H21N5OS. The number of terminal acetylenes is 1. The number of aliphatic hydroxyl groups is 1. The van der Waals surface area contributed by atoms with Gasteiger partial charge in [0.25, 0.3) is 0 Å². The molecule has 1 saturated carbocycles. The molecule has 0 spiro atoms. The van der Waals surface area contributed by atoms with Gasteiger partial charge in [-0.05, 0) is 30.9 Å². The van der Waals surface area contributed by atoms with Crippen molar-refractivity contribution in [2.75, 3.05) is 5.32 Å². The molecule has 4 rings (SSSR count). The van der Waals surface area contributed by atoms with Crippen molar-refractivity contribution in [2.45, 2.75) is 38.7 Å². The standard InChI is InChI=1S/C20H21N5OS/c1-4-12-10-21-20(16-8-7-15(27-16)18(26)11(2)3)23-19(12)22-17-9-14(24-25-17)13-5-6-13/h1,7-11,13,18,26H,5-6H2,2-3H3,(H2,21,22,23,24,25)/t18-/m1/s1. The summed E-state index contributed by atoms with van der Waals surface area (Å²) in [6, 6.07) is 5.85. The topological polar surface area (TPSA) is 86.7 Å². The number of hydrogen-bond donors (Lipinski definition) is 3. The summed E-state index contributed by atoms with van der Waals surface area (Å²) in [5.41, 5.74) is 1.72. The molecule has 0 saturated heterocycles. The first-order valence-corrected chi connectivity index (χ1v) is 9.81. The molecule has 138 valence electrons. The van der Waals surface area contributed by atoms with Crippen LogP contribution in [0.3, 0.4) is 0 Å². The third-order valence-electron chi connectivity index (χ3n) is 4.58. The minimum absolute atomic E-state index is 0.152. The van der Waals surface area contributed by atoms with Gasteiger partial charge in [-0.25, -0.2) is 9.97 Å². The summed E-state index contributed by atoms with van der Waals surface area (Å²) in [6.45, 7) is 3.98. The second kappa shape index (κ2) is 7.14. The van der Waals surface area contributed by atoms with Crippen molar-refractivity contribution in [2.24, 2.45) is 5.92 Å². The van der Waals surface area contributed by atoms with Crippen LogP contribution in [-0.4, -0.2) is 25.3 Å². The van der Waals surface area contributed by atoms with Crippen LogP contribution in [0, 0.1) is 18.3 Å². The molecule has 0 bridgehead atoms. The van der Waals surface area contributed by atoms with E-state index in [0.717, 1.165) is 15.4 Å². The Morgan fingerprint density at radius 3 is 2.89 bits per heavy atom. The summed E-state index contributed by atoms with van der Waals surface area (Å²) in [5.74, 6) is 5.18. The highest BCUT2D eigenvalue weighted by Crippen LogP contribution is 2.40. The van der Waals surface area contributed by atoms with E-state index in [4.69, 9.17) is 6.42 Å². The highest BCUT2D eigenvalue weighted by atomic mass is 32.1. The summed E-state index contributed by atoms with van der Waals surface area (Å²) >= 11 is 1.49. The van der Waals surface area contributed by atoms with Crippen molar-refractivity contribution in [3.05, 3.63) is 40.5 Å². The fraction of sp³-hybridized carbons (Fsp3) is 0.350. The van der Waals surface area contributed by atoms with E-state index in [0.29, 0.717) is 28.9 Å². The van der Waals surface area contributed by atoms with Crippen LogP contribution in [0.2, 0.25) is 0 Å². The number of anilines is 2. The van der Waals surface area contributed by atoms with Crippen molar-refractivity contribution < 1.29 is 5.11 Å². The minimum Gasteiger partial charge on any atom is -0.387 e. The second-order valence-corrected chi connectivity index (χ2v) is 8.21. The van der Waals surface area contributed by atoms with Gasteiger partial charge in [0.1, 0.15) is 0 Å². The van der Waals surface area contributed by atoms with E-state index in [9.17, 15) is 5.11 Å². The molecule has 1 fully saturated rings. The monoisotopic (exact) mass is 379 g/mol. The third-order valence-corrected chi connectivity index (χ3v) is 5.73. The minimum atomic E-state index is -0.490. The van der Waals surface area contributed by atoms with Gasteiger partial charge < -0.3 is 10.4 Å². The average molecular weight is 379 g/mol. The normalized spacial score (nSPS) is 14.9. The Bertz CT molecular complexity index is 996. The van der Waals surface area contributed by atoms with Crippen LogP contribution in [0.4, 0.5) is 11.6 Å². The predicted molar refractivity (Wildman–Crippen MR) is 107 cm³/mol. The zero-order valence-electron chi connectivity index (χ0n) is 15.2. The van der Waals surface area contributed by atoms with Gasteiger partial charge in [-0.3, -0.25) is 5.10 Å². The molecule has 0 aliphatic heterocycles. The number of rotatable bonds is 6. The summed E-state index contributed by atoms with van der Waals surface area (Å²) in [6.07, 6.45) is 9.16. The molecule has 27 heavy (non-hydrogen) atoms. The van der Waals surface area contributed by atoms with Crippen LogP contribution >= 0.6 is 11.3 Å². The largest absolute Gasteiger partial charge is 0.387 e. The first-order valence-electron chi connectivity index (χ1n) is 8.99. The number of nitrogens with zero attached hydrogens (tertiary/aromatic N) is 3. The Labute approximate surface area is 162 Å². The molecule has 0 radical (unpaired) electrons. The first-order chi connectivity index (χ1) is 13.0. The van der Waals surface area contributed by atoms with Crippen LogP contribution in [-0.2, 0) is 0 Å². The van der Waals surface area contributed by atoms with Crippen LogP contribution < -0.4 is 5.32 Å². The van der Waals surface area contributed by atoms with E-state index >= 15 is 0 Å². The highest BCUT2D eigenvalue weighted by molar-refractivity contribution is 7.15. The average Bonchev–Trinajstić information content (AvgIpc) is 3.21. The smallest absolute Gasteiger partial charge is 0.171 e. The lowest BCUT2D eigenvalue weighted by molar-refractivity contribution is 0.130.